The number of nitrogens with zero attached hydrogens (tertiary/aromatic N) is 3. The number of methoxy groups -OCH3 is 2. The molecule has 20 heavy (non-hydrogen) atoms. The van der Waals surface area contributed by atoms with E-state index in [-0.39, 0.29) is 5.97 Å². The fourth-order valence-electron chi connectivity index (χ4n) is 1.88. The molecule has 0 aromatic carbocycles. The standard InChI is InChI=1S/C13H17N3O3S/c1-18-7-6-16(5-3-11(17)19-2)12-10-4-8-20-13(10)15-9-14-12/h4,8-9H,3,5-7H2,1-2H3. The van der Waals surface area contributed by atoms with Crippen LogP contribution in [0.3, 0.4) is 0 Å². The first-order chi connectivity index (χ1) is 9.76. The van der Waals surface area contributed by atoms with Crippen LogP contribution in [0.15, 0.2) is 17.8 Å². The van der Waals surface area contributed by atoms with E-state index in [1.807, 2.05) is 16.3 Å². The zero-order valence-corrected chi connectivity index (χ0v) is 12.4. The molecule has 0 radical (unpaired) electrons. The van der Waals surface area contributed by atoms with E-state index in [0.717, 1.165) is 16.0 Å². The van der Waals surface area contributed by atoms with Crippen LogP contribution in [0.4, 0.5) is 5.82 Å². The van der Waals surface area contributed by atoms with Crippen molar-refractivity contribution in [1.29, 1.82) is 0 Å². The van der Waals surface area contributed by atoms with Gasteiger partial charge in [0.1, 0.15) is 17.0 Å². The summed E-state index contributed by atoms with van der Waals surface area (Å²) < 4.78 is 9.81. The number of hydrogen-bond acceptors (Lipinski definition) is 7. The van der Waals surface area contributed by atoms with Crippen molar-refractivity contribution < 1.29 is 14.3 Å². The van der Waals surface area contributed by atoms with Gasteiger partial charge in [-0.05, 0) is 11.4 Å². The number of esters is 1. The number of carbonyl (C=O) groups is 1. The van der Waals surface area contributed by atoms with Crippen molar-refractivity contribution in [1.82, 2.24) is 9.97 Å². The molecule has 0 bridgehead atoms. The average molecular weight is 295 g/mol. The van der Waals surface area contributed by atoms with Crippen LogP contribution < -0.4 is 4.90 Å². The van der Waals surface area contributed by atoms with Crippen LogP contribution in [-0.4, -0.2) is 49.9 Å². The Hall–Kier alpha value is -1.73. The molecular weight excluding hydrogens is 278 g/mol. The summed E-state index contributed by atoms with van der Waals surface area (Å²) in [6.45, 7) is 1.77. The van der Waals surface area contributed by atoms with E-state index in [0.29, 0.717) is 26.1 Å². The van der Waals surface area contributed by atoms with Crippen LogP contribution in [-0.2, 0) is 14.3 Å². The maximum absolute atomic E-state index is 11.3. The Labute approximate surface area is 121 Å². The zero-order chi connectivity index (χ0) is 14.4. The summed E-state index contributed by atoms with van der Waals surface area (Å²) in [5.74, 6) is 0.597. The lowest BCUT2D eigenvalue weighted by atomic mass is 10.3. The van der Waals surface area contributed by atoms with Crippen LogP contribution in [0.5, 0.6) is 0 Å². The molecule has 0 spiro atoms. The monoisotopic (exact) mass is 295 g/mol. The third-order valence-electron chi connectivity index (χ3n) is 2.92. The Bertz CT molecular complexity index is 573. The molecule has 2 aromatic rings. The topological polar surface area (TPSA) is 64.5 Å². The minimum atomic E-state index is -0.233. The van der Waals surface area contributed by atoms with E-state index in [9.17, 15) is 4.79 Å². The number of anilines is 1. The molecule has 6 nitrogen and oxygen atoms in total. The number of hydrogen-bond donors (Lipinski definition) is 0. The molecule has 0 aliphatic rings. The highest BCUT2D eigenvalue weighted by Crippen LogP contribution is 2.26. The lowest BCUT2D eigenvalue weighted by Crippen LogP contribution is -2.30. The highest BCUT2D eigenvalue weighted by Gasteiger charge is 2.14. The number of fused-ring (bicyclic) bond motifs is 1. The molecule has 7 heteroatoms. The van der Waals surface area contributed by atoms with Crippen molar-refractivity contribution in [3.05, 3.63) is 17.8 Å². The molecule has 0 aliphatic heterocycles. The fourth-order valence-corrected chi connectivity index (χ4v) is 2.61. The summed E-state index contributed by atoms with van der Waals surface area (Å²) in [5.41, 5.74) is 0. The van der Waals surface area contributed by atoms with Gasteiger partial charge in [-0.15, -0.1) is 11.3 Å². The normalized spacial score (nSPS) is 10.7. The van der Waals surface area contributed by atoms with Crippen LogP contribution in [0, 0.1) is 0 Å². The molecule has 0 saturated carbocycles. The van der Waals surface area contributed by atoms with Crippen molar-refractivity contribution in [2.24, 2.45) is 0 Å². The number of ether oxygens (including phenoxy) is 2. The van der Waals surface area contributed by atoms with Gasteiger partial charge in [0.25, 0.3) is 0 Å². The number of aromatic nitrogens is 2. The van der Waals surface area contributed by atoms with Crippen molar-refractivity contribution in [2.45, 2.75) is 6.42 Å². The molecule has 2 aromatic heterocycles. The van der Waals surface area contributed by atoms with Gasteiger partial charge in [-0.25, -0.2) is 9.97 Å². The highest BCUT2D eigenvalue weighted by molar-refractivity contribution is 7.16. The van der Waals surface area contributed by atoms with Crippen LogP contribution in [0.2, 0.25) is 0 Å². The molecule has 2 rings (SSSR count). The average Bonchev–Trinajstić information content (AvgIpc) is 2.95. The molecular formula is C13H17N3O3S. The second kappa shape index (κ2) is 7.16. The van der Waals surface area contributed by atoms with E-state index >= 15 is 0 Å². The van der Waals surface area contributed by atoms with E-state index in [4.69, 9.17) is 4.74 Å². The van der Waals surface area contributed by atoms with Gasteiger partial charge < -0.3 is 14.4 Å². The summed E-state index contributed by atoms with van der Waals surface area (Å²) in [4.78, 5) is 22.9. The maximum atomic E-state index is 11.3. The first kappa shape index (κ1) is 14.7. The maximum Gasteiger partial charge on any atom is 0.307 e. The largest absolute Gasteiger partial charge is 0.469 e. The Morgan fingerprint density at radius 3 is 2.95 bits per heavy atom. The van der Waals surface area contributed by atoms with Gasteiger partial charge in [0, 0.05) is 20.2 Å². The summed E-state index contributed by atoms with van der Waals surface area (Å²) >= 11 is 1.57. The molecule has 0 unspecified atom stereocenters. The van der Waals surface area contributed by atoms with E-state index < -0.39 is 0 Å². The molecule has 0 fully saturated rings. The van der Waals surface area contributed by atoms with Crippen molar-refractivity contribution >= 4 is 33.3 Å². The van der Waals surface area contributed by atoms with E-state index in [1.165, 1.54) is 7.11 Å². The predicted molar refractivity (Wildman–Crippen MR) is 78.1 cm³/mol. The molecule has 0 amide bonds. The molecule has 108 valence electrons. The quantitative estimate of drug-likeness (QED) is 0.725. The molecule has 0 N–H and O–H groups in total. The zero-order valence-electron chi connectivity index (χ0n) is 11.5. The Morgan fingerprint density at radius 2 is 2.20 bits per heavy atom. The molecule has 0 aliphatic carbocycles. The van der Waals surface area contributed by atoms with Crippen LogP contribution in [0.1, 0.15) is 6.42 Å². The smallest absolute Gasteiger partial charge is 0.307 e. The minimum Gasteiger partial charge on any atom is -0.469 e. The Balaban J connectivity index is 2.20. The van der Waals surface area contributed by atoms with Crippen molar-refractivity contribution in [3.8, 4) is 0 Å². The number of carbonyl (C=O) groups excluding carboxylic acids is 1. The lowest BCUT2D eigenvalue weighted by molar-refractivity contribution is -0.140. The summed E-state index contributed by atoms with van der Waals surface area (Å²) in [6.07, 6.45) is 1.86. The SMILES string of the molecule is COCCN(CCC(=O)OC)c1ncnc2sccc12. The Morgan fingerprint density at radius 1 is 1.35 bits per heavy atom. The second-order valence-electron chi connectivity index (χ2n) is 4.14. The van der Waals surface area contributed by atoms with Crippen molar-refractivity contribution in [2.75, 3.05) is 38.8 Å². The van der Waals surface area contributed by atoms with Gasteiger partial charge in [0.2, 0.25) is 0 Å². The van der Waals surface area contributed by atoms with Crippen LogP contribution in [0.25, 0.3) is 10.2 Å². The predicted octanol–water partition coefficient (Wildman–Crippen LogP) is 1.71. The van der Waals surface area contributed by atoms with Gasteiger partial charge in [-0.1, -0.05) is 0 Å². The molecule has 0 atom stereocenters. The van der Waals surface area contributed by atoms with Gasteiger partial charge in [0.15, 0.2) is 0 Å². The van der Waals surface area contributed by atoms with E-state index in [1.54, 1.807) is 24.8 Å². The Kier molecular flexibility index (Phi) is 5.25. The molecule has 0 saturated heterocycles. The summed E-state index contributed by atoms with van der Waals surface area (Å²) in [7, 11) is 3.04. The second-order valence-corrected chi connectivity index (χ2v) is 5.04. The van der Waals surface area contributed by atoms with Crippen LogP contribution >= 0.6 is 11.3 Å². The minimum absolute atomic E-state index is 0.233. The van der Waals surface area contributed by atoms with E-state index in [2.05, 4.69) is 14.7 Å². The molecule has 2 heterocycles. The van der Waals surface area contributed by atoms with Gasteiger partial charge >= 0.3 is 5.97 Å². The number of thiophene rings is 1. The van der Waals surface area contributed by atoms with Gasteiger partial charge in [0.05, 0.1) is 25.5 Å². The van der Waals surface area contributed by atoms with Crippen molar-refractivity contribution in [3.63, 3.8) is 0 Å². The lowest BCUT2D eigenvalue weighted by Gasteiger charge is -2.23. The fraction of sp³-hybridized carbons (Fsp3) is 0.462. The first-order valence-electron chi connectivity index (χ1n) is 6.25. The first-order valence-corrected chi connectivity index (χ1v) is 7.13. The van der Waals surface area contributed by atoms with Gasteiger partial charge in [-0.2, -0.15) is 0 Å². The summed E-state index contributed by atoms with van der Waals surface area (Å²) in [5, 5.41) is 2.98. The number of rotatable bonds is 7. The third-order valence-corrected chi connectivity index (χ3v) is 3.74. The summed E-state index contributed by atoms with van der Waals surface area (Å²) in [6, 6.07) is 1.99. The third kappa shape index (κ3) is 3.43. The highest BCUT2D eigenvalue weighted by atomic mass is 32.1. The van der Waals surface area contributed by atoms with Gasteiger partial charge in [-0.3, -0.25) is 4.79 Å².